The van der Waals surface area contributed by atoms with E-state index in [9.17, 15) is 0 Å². The second-order valence-corrected chi connectivity index (χ2v) is 5.76. The van der Waals surface area contributed by atoms with Crippen LogP contribution in [0, 0.1) is 0 Å². The van der Waals surface area contributed by atoms with Crippen molar-refractivity contribution >= 4 is 34.6 Å². The number of nitrogens with zero attached hydrogens (tertiary/aromatic N) is 2. The minimum Gasteiger partial charge on any atom is -0.497 e. The Balaban J connectivity index is 1.73. The lowest BCUT2D eigenvalue weighted by Crippen LogP contribution is -2.08. The first-order chi connectivity index (χ1) is 12.2. The minimum absolute atomic E-state index is 0.444. The summed E-state index contributed by atoms with van der Waals surface area (Å²) in [5.41, 5.74) is 8.53. The molecule has 3 rings (SSSR count). The molecule has 0 aliphatic carbocycles. The molecule has 0 fully saturated rings. The van der Waals surface area contributed by atoms with Crippen molar-refractivity contribution in [2.75, 3.05) is 23.5 Å². The molecule has 6 nitrogen and oxygen atoms in total. The summed E-state index contributed by atoms with van der Waals surface area (Å²) >= 11 is 5.90. The average Bonchev–Trinajstić information content (AvgIpc) is 2.64. The van der Waals surface area contributed by atoms with Gasteiger partial charge in [-0.1, -0.05) is 29.8 Å². The highest BCUT2D eigenvalue weighted by Gasteiger charge is 2.08. The van der Waals surface area contributed by atoms with Crippen LogP contribution in [-0.2, 0) is 6.54 Å². The first-order valence-electron chi connectivity index (χ1n) is 7.65. The van der Waals surface area contributed by atoms with Crippen LogP contribution in [0.1, 0.15) is 5.56 Å². The monoisotopic (exact) mass is 355 g/mol. The highest BCUT2D eigenvalue weighted by molar-refractivity contribution is 6.30. The summed E-state index contributed by atoms with van der Waals surface area (Å²) in [6.07, 6.45) is 1.46. The summed E-state index contributed by atoms with van der Waals surface area (Å²) in [5.74, 6) is 1.84. The van der Waals surface area contributed by atoms with E-state index in [1.807, 2.05) is 48.5 Å². The Bertz CT molecular complexity index is 854. The van der Waals surface area contributed by atoms with Crippen LogP contribution in [-0.4, -0.2) is 17.1 Å². The minimum atomic E-state index is 0.444. The summed E-state index contributed by atoms with van der Waals surface area (Å²) in [7, 11) is 1.62. The number of hydrogen-bond donors (Lipinski definition) is 3. The molecule has 2 aromatic carbocycles. The van der Waals surface area contributed by atoms with E-state index in [0.717, 1.165) is 17.0 Å². The van der Waals surface area contributed by atoms with Crippen molar-refractivity contribution in [3.63, 3.8) is 0 Å². The number of ether oxygens (including phenoxy) is 1. The third-order valence-corrected chi connectivity index (χ3v) is 3.84. The molecule has 0 bridgehead atoms. The molecular weight excluding hydrogens is 338 g/mol. The molecule has 1 heterocycles. The largest absolute Gasteiger partial charge is 0.497 e. The Morgan fingerprint density at radius 2 is 1.84 bits per heavy atom. The van der Waals surface area contributed by atoms with Crippen LogP contribution >= 0.6 is 11.6 Å². The van der Waals surface area contributed by atoms with Gasteiger partial charge in [-0.05, 0) is 29.8 Å². The zero-order chi connectivity index (χ0) is 17.6. The topological polar surface area (TPSA) is 85.1 Å². The quantitative estimate of drug-likeness (QED) is 0.618. The number of aromatic nitrogens is 2. The van der Waals surface area contributed by atoms with E-state index in [2.05, 4.69) is 20.6 Å². The van der Waals surface area contributed by atoms with Gasteiger partial charge in [-0.2, -0.15) is 0 Å². The molecule has 7 heteroatoms. The number of nitrogens with one attached hydrogen (secondary N) is 2. The third kappa shape index (κ3) is 4.30. The molecule has 1 aromatic heterocycles. The van der Waals surface area contributed by atoms with Gasteiger partial charge in [0.05, 0.1) is 7.11 Å². The molecule has 0 saturated carbocycles. The summed E-state index contributed by atoms with van der Waals surface area (Å²) in [4.78, 5) is 8.42. The van der Waals surface area contributed by atoms with Crippen molar-refractivity contribution in [1.29, 1.82) is 0 Å². The predicted octanol–water partition coefficient (Wildman–Crippen LogP) is 4.08. The van der Waals surface area contributed by atoms with E-state index in [4.69, 9.17) is 22.1 Å². The lowest BCUT2D eigenvalue weighted by molar-refractivity contribution is 0.415. The number of nitrogen functional groups attached to an aromatic ring is 1. The molecule has 128 valence electrons. The molecule has 0 atom stereocenters. The summed E-state index contributed by atoms with van der Waals surface area (Å²) in [6.45, 7) is 0.580. The van der Waals surface area contributed by atoms with Gasteiger partial charge in [0.2, 0.25) is 0 Å². The van der Waals surface area contributed by atoms with Gasteiger partial charge in [-0.25, -0.2) is 9.97 Å². The van der Waals surface area contributed by atoms with Crippen LogP contribution in [0.2, 0.25) is 5.02 Å². The molecule has 3 aromatic rings. The molecule has 25 heavy (non-hydrogen) atoms. The highest BCUT2D eigenvalue weighted by atomic mass is 35.5. The smallest absolute Gasteiger partial charge is 0.159 e. The Morgan fingerprint density at radius 3 is 2.60 bits per heavy atom. The summed E-state index contributed by atoms with van der Waals surface area (Å²) < 4.78 is 5.22. The molecule has 0 spiro atoms. The number of hydrogen-bond acceptors (Lipinski definition) is 6. The Morgan fingerprint density at radius 1 is 1.08 bits per heavy atom. The first-order valence-corrected chi connectivity index (χ1v) is 8.03. The fraction of sp³-hybridized carbons (Fsp3) is 0.111. The van der Waals surface area contributed by atoms with Crippen LogP contribution in [0.25, 0.3) is 0 Å². The summed E-state index contributed by atoms with van der Waals surface area (Å²) in [6, 6.07) is 15.1. The maximum absolute atomic E-state index is 6.19. The Hall–Kier alpha value is -2.99. The van der Waals surface area contributed by atoms with Crippen molar-refractivity contribution in [1.82, 2.24) is 9.97 Å². The highest BCUT2D eigenvalue weighted by Crippen LogP contribution is 2.27. The van der Waals surface area contributed by atoms with E-state index in [0.29, 0.717) is 28.9 Å². The number of rotatable bonds is 6. The fourth-order valence-electron chi connectivity index (χ4n) is 2.26. The van der Waals surface area contributed by atoms with Gasteiger partial charge in [-0.3, -0.25) is 0 Å². The molecule has 0 aliphatic rings. The maximum atomic E-state index is 6.19. The van der Waals surface area contributed by atoms with Crippen molar-refractivity contribution in [3.8, 4) is 5.75 Å². The third-order valence-electron chi connectivity index (χ3n) is 3.59. The van der Waals surface area contributed by atoms with Crippen LogP contribution in [0.5, 0.6) is 5.75 Å². The van der Waals surface area contributed by atoms with Gasteiger partial charge in [0, 0.05) is 23.3 Å². The molecule has 0 saturated heterocycles. The Kier molecular flexibility index (Phi) is 5.20. The lowest BCUT2D eigenvalue weighted by Gasteiger charge is -2.13. The van der Waals surface area contributed by atoms with Crippen molar-refractivity contribution in [2.24, 2.45) is 0 Å². The molecule has 0 unspecified atom stereocenters. The van der Waals surface area contributed by atoms with Gasteiger partial charge in [-0.15, -0.1) is 0 Å². The number of halogens is 1. The van der Waals surface area contributed by atoms with E-state index in [-0.39, 0.29) is 0 Å². The number of methoxy groups -OCH3 is 1. The molecule has 4 N–H and O–H groups in total. The average molecular weight is 356 g/mol. The van der Waals surface area contributed by atoms with Gasteiger partial charge >= 0.3 is 0 Å². The van der Waals surface area contributed by atoms with Crippen LogP contribution in [0.15, 0.2) is 54.9 Å². The predicted molar refractivity (Wildman–Crippen MR) is 101 cm³/mol. The van der Waals surface area contributed by atoms with Crippen molar-refractivity contribution in [3.05, 3.63) is 65.4 Å². The Labute approximate surface area is 151 Å². The standard InChI is InChI=1S/C18H18ClN5O/c1-25-15-4-2-3-14(9-15)24-18-16(20)17(22-11-23-18)21-10-12-5-7-13(19)8-6-12/h2-9,11H,10,20H2,1H3,(H2,21,22,23,24). The van der Waals surface area contributed by atoms with Crippen molar-refractivity contribution in [2.45, 2.75) is 6.54 Å². The van der Waals surface area contributed by atoms with Gasteiger partial charge in [0.1, 0.15) is 17.8 Å². The molecular formula is C18H18ClN5O. The van der Waals surface area contributed by atoms with Gasteiger partial charge < -0.3 is 21.1 Å². The number of nitrogens with two attached hydrogens (primary N) is 1. The second kappa shape index (κ2) is 7.72. The van der Waals surface area contributed by atoms with E-state index in [1.54, 1.807) is 7.11 Å². The van der Waals surface area contributed by atoms with E-state index >= 15 is 0 Å². The first kappa shape index (κ1) is 16.9. The van der Waals surface area contributed by atoms with Crippen LogP contribution in [0.3, 0.4) is 0 Å². The zero-order valence-electron chi connectivity index (χ0n) is 13.7. The van der Waals surface area contributed by atoms with E-state index < -0.39 is 0 Å². The van der Waals surface area contributed by atoms with Crippen molar-refractivity contribution < 1.29 is 4.74 Å². The SMILES string of the molecule is COc1cccc(Nc2ncnc(NCc3ccc(Cl)cc3)c2N)c1. The maximum Gasteiger partial charge on any atom is 0.159 e. The molecule has 0 amide bonds. The zero-order valence-corrected chi connectivity index (χ0v) is 14.4. The fourth-order valence-corrected chi connectivity index (χ4v) is 2.39. The lowest BCUT2D eigenvalue weighted by atomic mass is 10.2. The van der Waals surface area contributed by atoms with E-state index in [1.165, 1.54) is 6.33 Å². The number of benzene rings is 2. The van der Waals surface area contributed by atoms with Crippen LogP contribution in [0.4, 0.5) is 23.0 Å². The van der Waals surface area contributed by atoms with Gasteiger partial charge in [0.25, 0.3) is 0 Å². The second-order valence-electron chi connectivity index (χ2n) is 5.32. The number of anilines is 4. The van der Waals surface area contributed by atoms with Gasteiger partial charge in [0.15, 0.2) is 11.6 Å². The molecule has 0 aliphatic heterocycles. The van der Waals surface area contributed by atoms with Crippen LogP contribution < -0.4 is 21.1 Å². The molecule has 0 radical (unpaired) electrons. The normalized spacial score (nSPS) is 10.3. The summed E-state index contributed by atoms with van der Waals surface area (Å²) in [5, 5.41) is 7.10.